The van der Waals surface area contributed by atoms with Crippen molar-refractivity contribution in [2.75, 3.05) is 4.90 Å². The number of amides is 2. The smallest absolute Gasteiger partial charge is 0.240 e. The van der Waals surface area contributed by atoms with Gasteiger partial charge in [-0.15, -0.1) is 0 Å². The number of ketones is 1. The van der Waals surface area contributed by atoms with Crippen LogP contribution >= 0.6 is 23.2 Å². The predicted octanol–water partition coefficient (Wildman–Crippen LogP) is 4.75. The highest BCUT2D eigenvalue weighted by atomic mass is 35.5. The summed E-state index contributed by atoms with van der Waals surface area (Å²) in [4.78, 5) is 42.5. The van der Waals surface area contributed by atoms with E-state index in [2.05, 4.69) is 5.10 Å². The normalized spacial score (nSPS) is 24.8. The van der Waals surface area contributed by atoms with E-state index in [0.717, 1.165) is 16.0 Å². The van der Waals surface area contributed by atoms with Crippen LogP contribution in [0.25, 0.3) is 0 Å². The number of hydrogen-bond acceptors (Lipinski definition) is 5. The lowest BCUT2D eigenvalue weighted by Crippen LogP contribution is -2.44. The molecule has 0 aliphatic carbocycles. The number of benzene rings is 3. The number of anilines is 1. The standard InChI is InChI=1S/C26H17Cl2N3O3/c27-16-10-11-19(18(28)12-16)30-25(33)20-21(26(30)34)23(24(32)14-6-2-1-3-7-14)31-22(20)17-9-5-4-8-15(17)13-29-31/h1-13,20-23H/t20-,21+,22+,23+/m0/s1. The van der Waals surface area contributed by atoms with E-state index in [4.69, 9.17) is 23.2 Å². The number of nitrogens with zero attached hydrogens (tertiary/aromatic N) is 3. The van der Waals surface area contributed by atoms with E-state index in [-0.39, 0.29) is 16.5 Å². The quantitative estimate of drug-likeness (QED) is 0.393. The van der Waals surface area contributed by atoms with E-state index in [1.165, 1.54) is 6.07 Å². The number of hydrogen-bond donors (Lipinski definition) is 0. The Bertz CT molecular complexity index is 1390. The van der Waals surface area contributed by atoms with Crippen LogP contribution in [-0.2, 0) is 9.59 Å². The second kappa shape index (κ2) is 7.79. The molecule has 168 valence electrons. The highest BCUT2D eigenvalue weighted by Gasteiger charge is 2.65. The zero-order valence-electron chi connectivity index (χ0n) is 17.6. The average molecular weight is 490 g/mol. The van der Waals surface area contributed by atoms with Gasteiger partial charge in [0.25, 0.3) is 0 Å². The van der Waals surface area contributed by atoms with Crippen LogP contribution in [-0.4, -0.2) is 34.9 Å². The maximum Gasteiger partial charge on any atom is 0.240 e. The zero-order valence-corrected chi connectivity index (χ0v) is 19.1. The van der Waals surface area contributed by atoms with Crippen molar-refractivity contribution >= 4 is 52.7 Å². The van der Waals surface area contributed by atoms with Crippen LogP contribution in [0, 0.1) is 11.8 Å². The summed E-state index contributed by atoms with van der Waals surface area (Å²) >= 11 is 12.4. The maximum atomic E-state index is 13.8. The minimum absolute atomic E-state index is 0.194. The number of hydrazone groups is 1. The molecule has 4 atom stereocenters. The Hall–Kier alpha value is -3.48. The van der Waals surface area contributed by atoms with Crippen LogP contribution < -0.4 is 4.90 Å². The van der Waals surface area contributed by atoms with E-state index >= 15 is 0 Å². The predicted molar refractivity (Wildman–Crippen MR) is 129 cm³/mol. The number of carbonyl (C=O) groups excluding carboxylic acids is 3. The third-order valence-corrected chi connectivity index (χ3v) is 7.31. The molecule has 3 aliphatic heterocycles. The van der Waals surface area contributed by atoms with Crippen molar-refractivity contribution in [2.45, 2.75) is 12.1 Å². The molecule has 0 radical (unpaired) electrons. The van der Waals surface area contributed by atoms with E-state index < -0.39 is 35.7 Å². The first-order chi connectivity index (χ1) is 16.5. The molecule has 8 heteroatoms. The molecule has 3 heterocycles. The summed E-state index contributed by atoms with van der Waals surface area (Å²) in [7, 11) is 0. The molecule has 3 aliphatic rings. The van der Waals surface area contributed by atoms with Crippen molar-refractivity contribution in [3.05, 3.63) is 99.5 Å². The van der Waals surface area contributed by atoms with Crippen molar-refractivity contribution in [3.8, 4) is 0 Å². The second-order valence-electron chi connectivity index (χ2n) is 8.53. The fourth-order valence-electron chi connectivity index (χ4n) is 5.34. The molecular weight excluding hydrogens is 473 g/mol. The summed E-state index contributed by atoms with van der Waals surface area (Å²) in [5, 5.41) is 6.79. The van der Waals surface area contributed by atoms with Gasteiger partial charge in [-0.1, -0.05) is 77.8 Å². The van der Waals surface area contributed by atoms with Crippen LogP contribution in [0.3, 0.4) is 0 Å². The Morgan fingerprint density at radius 3 is 2.32 bits per heavy atom. The molecule has 3 aromatic rings. The molecule has 2 amide bonds. The largest absolute Gasteiger partial charge is 0.292 e. The number of imide groups is 1. The van der Waals surface area contributed by atoms with Gasteiger partial charge < -0.3 is 0 Å². The molecule has 0 aromatic heterocycles. The second-order valence-corrected chi connectivity index (χ2v) is 9.38. The van der Waals surface area contributed by atoms with Crippen molar-refractivity contribution in [1.82, 2.24) is 5.01 Å². The third-order valence-electron chi connectivity index (χ3n) is 6.77. The molecular formula is C26H17Cl2N3O3. The number of rotatable bonds is 3. The fraction of sp³-hybridized carbons (Fsp3) is 0.154. The molecule has 0 saturated carbocycles. The van der Waals surface area contributed by atoms with Gasteiger partial charge in [0.2, 0.25) is 11.8 Å². The lowest BCUT2D eigenvalue weighted by atomic mass is 9.83. The van der Waals surface area contributed by atoms with Crippen molar-refractivity contribution in [1.29, 1.82) is 0 Å². The van der Waals surface area contributed by atoms with Gasteiger partial charge in [-0.3, -0.25) is 19.4 Å². The Labute approximate surface area is 205 Å². The number of Topliss-reactive ketones (excluding diaryl/α,β-unsaturated/α-hetero) is 1. The molecule has 0 N–H and O–H groups in total. The van der Waals surface area contributed by atoms with Gasteiger partial charge >= 0.3 is 0 Å². The van der Waals surface area contributed by atoms with E-state index in [9.17, 15) is 14.4 Å². The molecule has 2 fully saturated rings. The maximum absolute atomic E-state index is 13.8. The van der Waals surface area contributed by atoms with Crippen LogP contribution in [0.4, 0.5) is 5.69 Å². The lowest BCUT2D eigenvalue weighted by Gasteiger charge is -2.33. The zero-order chi connectivity index (χ0) is 23.6. The minimum atomic E-state index is -0.922. The Kier molecular flexibility index (Phi) is 4.83. The van der Waals surface area contributed by atoms with Crippen LogP contribution in [0.5, 0.6) is 0 Å². The SMILES string of the molecule is O=C(c1ccccc1)[C@H]1[C@@H]2C(=O)N(c3ccc(Cl)cc3Cl)C(=O)[C@@H]2[C@H]2c3ccccc3C=NN21. The van der Waals surface area contributed by atoms with E-state index in [1.54, 1.807) is 47.6 Å². The minimum Gasteiger partial charge on any atom is -0.292 e. The molecule has 34 heavy (non-hydrogen) atoms. The fourth-order valence-corrected chi connectivity index (χ4v) is 5.83. The summed E-state index contributed by atoms with van der Waals surface area (Å²) in [5.41, 5.74) is 2.45. The summed E-state index contributed by atoms with van der Waals surface area (Å²) in [5.74, 6) is -2.80. The first-order valence-corrected chi connectivity index (χ1v) is 11.6. The van der Waals surface area contributed by atoms with Crippen LogP contribution in [0.2, 0.25) is 10.0 Å². The van der Waals surface area contributed by atoms with Gasteiger partial charge in [0.15, 0.2) is 5.78 Å². The van der Waals surface area contributed by atoms with E-state index in [0.29, 0.717) is 10.6 Å². The van der Waals surface area contributed by atoms with Gasteiger partial charge in [0.1, 0.15) is 6.04 Å². The summed E-state index contributed by atoms with van der Waals surface area (Å²) in [6.45, 7) is 0. The monoisotopic (exact) mass is 489 g/mol. The Morgan fingerprint density at radius 1 is 0.853 bits per heavy atom. The topological polar surface area (TPSA) is 70.0 Å². The first-order valence-electron chi connectivity index (χ1n) is 10.8. The molecule has 2 saturated heterocycles. The van der Waals surface area contributed by atoms with Crippen molar-refractivity contribution in [3.63, 3.8) is 0 Å². The summed E-state index contributed by atoms with van der Waals surface area (Å²) < 4.78 is 0. The molecule has 0 spiro atoms. The van der Waals surface area contributed by atoms with Crippen molar-refractivity contribution in [2.24, 2.45) is 16.9 Å². The van der Waals surface area contributed by atoms with Gasteiger partial charge in [0.05, 0.1) is 34.8 Å². The van der Waals surface area contributed by atoms with E-state index in [1.807, 2.05) is 30.3 Å². The van der Waals surface area contributed by atoms with Gasteiger partial charge in [-0.25, -0.2) is 4.90 Å². The lowest BCUT2D eigenvalue weighted by molar-refractivity contribution is -0.124. The molecule has 0 unspecified atom stereocenters. The number of halogens is 2. The van der Waals surface area contributed by atoms with Crippen LogP contribution in [0.15, 0.2) is 77.9 Å². The van der Waals surface area contributed by atoms with Crippen LogP contribution in [0.1, 0.15) is 27.5 Å². The number of fused-ring (bicyclic) bond motifs is 5. The van der Waals surface area contributed by atoms with Gasteiger partial charge in [-0.05, 0) is 29.3 Å². The molecule has 3 aromatic carbocycles. The molecule has 6 rings (SSSR count). The highest BCUT2D eigenvalue weighted by molar-refractivity contribution is 6.38. The van der Waals surface area contributed by atoms with Gasteiger partial charge in [0, 0.05) is 10.6 Å². The highest BCUT2D eigenvalue weighted by Crippen LogP contribution is 2.53. The summed E-state index contributed by atoms with van der Waals surface area (Å²) in [6, 6.07) is 19.5. The Morgan fingerprint density at radius 2 is 1.56 bits per heavy atom. The molecule has 0 bridgehead atoms. The first kappa shape index (κ1) is 21.1. The molecule has 6 nitrogen and oxygen atoms in total. The van der Waals surface area contributed by atoms with Gasteiger partial charge in [-0.2, -0.15) is 5.10 Å². The Balaban J connectivity index is 1.51. The van der Waals surface area contributed by atoms with Crippen molar-refractivity contribution < 1.29 is 14.4 Å². The number of carbonyl (C=O) groups is 3. The summed E-state index contributed by atoms with van der Waals surface area (Å²) in [6.07, 6.45) is 1.68. The third kappa shape index (κ3) is 2.95. The average Bonchev–Trinajstić information content (AvgIpc) is 3.32.